The predicted molar refractivity (Wildman–Crippen MR) is 76.4 cm³/mol. The first-order chi connectivity index (χ1) is 9.19. The maximum atomic E-state index is 5.88. The van der Waals surface area contributed by atoms with E-state index in [1.165, 1.54) is 0 Å². The molecule has 0 spiro atoms. The van der Waals surface area contributed by atoms with Gasteiger partial charge in [0, 0.05) is 18.3 Å². The summed E-state index contributed by atoms with van der Waals surface area (Å²) in [6.07, 6.45) is -0.0371. The van der Waals surface area contributed by atoms with Gasteiger partial charge in [-0.25, -0.2) is 4.98 Å². The summed E-state index contributed by atoms with van der Waals surface area (Å²) in [6, 6.07) is 11.9. The summed E-state index contributed by atoms with van der Waals surface area (Å²) in [5.74, 6) is 1.21. The SMILES string of the molecule is CCNc1nc(C)cc(OC(C)c2ccccc2)n1. The molecule has 0 saturated carbocycles. The molecule has 1 atom stereocenters. The van der Waals surface area contributed by atoms with Gasteiger partial charge >= 0.3 is 0 Å². The molecule has 1 aromatic carbocycles. The van der Waals surface area contributed by atoms with Gasteiger partial charge in [-0.05, 0) is 26.3 Å². The molecule has 2 aromatic rings. The number of ether oxygens (including phenoxy) is 1. The first-order valence-corrected chi connectivity index (χ1v) is 6.50. The Bertz CT molecular complexity index is 528. The van der Waals surface area contributed by atoms with Crippen LogP contribution in [0.1, 0.15) is 31.2 Å². The molecule has 1 N–H and O–H groups in total. The quantitative estimate of drug-likeness (QED) is 0.892. The van der Waals surface area contributed by atoms with Crippen LogP contribution in [0.2, 0.25) is 0 Å². The second kappa shape index (κ2) is 6.18. The Labute approximate surface area is 113 Å². The zero-order chi connectivity index (χ0) is 13.7. The average Bonchev–Trinajstić information content (AvgIpc) is 2.39. The molecular weight excluding hydrogens is 238 g/mol. The average molecular weight is 257 g/mol. The third-order valence-corrected chi connectivity index (χ3v) is 2.73. The van der Waals surface area contributed by atoms with E-state index in [0.29, 0.717) is 11.8 Å². The monoisotopic (exact) mass is 257 g/mol. The molecule has 1 aromatic heterocycles. The summed E-state index contributed by atoms with van der Waals surface area (Å²) in [7, 11) is 0. The highest BCUT2D eigenvalue weighted by atomic mass is 16.5. The Kier molecular flexibility index (Phi) is 4.34. The molecule has 0 amide bonds. The summed E-state index contributed by atoms with van der Waals surface area (Å²) in [5.41, 5.74) is 2.02. The molecule has 0 saturated heterocycles. The molecule has 4 nitrogen and oxygen atoms in total. The van der Waals surface area contributed by atoms with Crippen molar-refractivity contribution >= 4 is 5.95 Å². The van der Waals surface area contributed by atoms with Crippen molar-refractivity contribution in [2.24, 2.45) is 0 Å². The molecule has 1 unspecified atom stereocenters. The lowest BCUT2D eigenvalue weighted by Crippen LogP contribution is -2.08. The molecule has 0 bridgehead atoms. The first-order valence-electron chi connectivity index (χ1n) is 6.50. The first kappa shape index (κ1) is 13.3. The number of hydrogen-bond acceptors (Lipinski definition) is 4. The van der Waals surface area contributed by atoms with E-state index in [0.717, 1.165) is 17.8 Å². The van der Waals surface area contributed by atoms with Crippen LogP contribution in [0.15, 0.2) is 36.4 Å². The maximum Gasteiger partial charge on any atom is 0.226 e. The molecule has 0 radical (unpaired) electrons. The predicted octanol–water partition coefficient (Wildman–Crippen LogP) is 3.36. The number of rotatable bonds is 5. The number of aryl methyl sites for hydroxylation is 1. The highest BCUT2D eigenvalue weighted by molar-refractivity contribution is 5.30. The molecule has 0 aliphatic heterocycles. The van der Waals surface area contributed by atoms with E-state index in [9.17, 15) is 0 Å². The smallest absolute Gasteiger partial charge is 0.226 e. The van der Waals surface area contributed by atoms with Crippen LogP contribution in [0.4, 0.5) is 5.95 Å². The van der Waals surface area contributed by atoms with E-state index in [2.05, 4.69) is 15.3 Å². The van der Waals surface area contributed by atoms with E-state index < -0.39 is 0 Å². The maximum absolute atomic E-state index is 5.88. The van der Waals surface area contributed by atoms with Gasteiger partial charge in [-0.15, -0.1) is 0 Å². The summed E-state index contributed by atoms with van der Waals surface area (Å²) >= 11 is 0. The van der Waals surface area contributed by atoms with E-state index >= 15 is 0 Å². The number of hydrogen-bond donors (Lipinski definition) is 1. The van der Waals surface area contributed by atoms with Crippen molar-refractivity contribution in [1.82, 2.24) is 9.97 Å². The van der Waals surface area contributed by atoms with E-state index in [4.69, 9.17) is 4.74 Å². The van der Waals surface area contributed by atoms with Crippen molar-refractivity contribution in [3.05, 3.63) is 47.7 Å². The zero-order valence-electron chi connectivity index (χ0n) is 11.6. The normalized spacial score (nSPS) is 11.9. The molecule has 2 rings (SSSR count). The van der Waals surface area contributed by atoms with E-state index in [1.807, 2.05) is 57.2 Å². The minimum absolute atomic E-state index is 0.0371. The van der Waals surface area contributed by atoms with Crippen molar-refractivity contribution in [3.8, 4) is 5.88 Å². The van der Waals surface area contributed by atoms with Gasteiger partial charge in [-0.1, -0.05) is 30.3 Å². The molecule has 0 fully saturated rings. The van der Waals surface area contributed by atoms with Gasteiger partial charge in [-0.2, -0.15) is 4.98 Å². The number of nitrogens with zero attached hydrogens (tertiary/aromatic N) is 2. The lowest BCUT2D eigenvalue weighted by molar-refractivity contribution is 0.217. The van der Waals surface area contributed by atoms with Crippen LogP contribution in [0, 0.1) is 6.92 Å². The minimum Gasteiger partial charge on any atom is -0.470 e. The van der Waals surface area contributed by atoms with Gasteiger partial charge in [0.1, 0.15) is 6.10 Å². The summed E-state index contributed by atoms with van der Waals surface area (Å²) < 4.78 is 5.88. The van der Waals surface area contributed by atoms with Gasteiger partial charge in [0.05, 0.1) is 0 Å². The number of aromatic nitrogens is 2. The fourth-order valence-electron chi connectivity index (χ4n) is 1.81. The lowest BCUT2D eigenvalue weighted by Gasteiger charge is -2.15. The van der Waals surface area contributed by atoms with Gasteiger partial charge in [0.25, 0.3) is 0 Å². The van der Waals surface area contributed by atoms with Crippen molar-refractivity contribution in [1.29, 1.82) is 0 Å². The van der Waals surface area contributed by atoms with Crippen LogP contribution in [0.5, 0.6) is 5.88 Å². The summed E-state index contributed by atoms with van der Waals surface area (Å²) in [5, 5.41) is 3.10. The topological polar surface area (TPSA) is 47.0 Å². The molecule has 4 heteroatoms. The van der Waals surface area contributed by atoms with Crippen LogP contribution in [0.3, 0.4) is 0 Å². The van der Waals surface area contributed by atoms with Crippen molar-refractivity contribution < 1.29 is 4.74 Å². The molecule has 19 heavy (non-hydrogen) atoms. The van der Waals surface area contributed by atoms with Crippen LogP contribution in [-0.4, -0.2) is 16.5 Å². The fourth-order valence-corrected chi connectivity index (χ4v) is 1.81. The fraction of sp³-hybridized carbons (Fsp3) is 0.333. The minimum atomic E-state index is -0.0371. The van der Waals surface area contributed by atoms with E-state index in [-0.39, 0.29) is 6.10 Å². The third kappa shape index (κ3) is 3.68. The Morgan fingerprint density at radius 2 is 1.95 bits per heavy atom. The van der Waals surface area contributed by atoms with Gasteiger partial charge < -0.3 is 10.1 Å². The zero-order valence-corrected chi connectivity index (χ0v) is 11.6. The van der Waals surface area contributed by atoms with Crippen molar-refractivity contribution in [2.75, 3.05) is 11.9 Å². The molecule has 100 valence electrons. The molecule has 0 aliphatic carbocycles. The van der Waals surface area contributed by atoms with Crippen LogP contribution in [-0.2, 0) is 0 Å². The van der Waals surface area contributed by atoms with Crippen molar-refractivity contribution in [3.63, 3.8) is 0 Å². The van der Waals surface area contributed by atoms with Crippen LogP contribution >= 0.6 is 0 Å². The van der Waals surface area contributed by atoms with Gasteiger partial charge in [0.2, 0.25) is 11.8 Å². The van der Waals surface area contributed by atoms with Crippen LogP contribution < -0.4 is 10.1 Å². The molecule has 1 heterocycles. The number of nitrogens with one attached hydrogen (secondary N) is 1. The highest BCUT2D eigenvalue weighted by Crippen LogP contribution is 2.21. The van der Waals surface area contributed by atoms with Crippen LogP contribution in [0.25, 0.3) is 0 Å². The Morgan fingerprint density at radius 3 is 2.63 bits per heavy atom. The second-order valence-electron chi connectivity index (χ2n) is 4.37. The van der Waals surface area contributed by atoms with Crippen molar-refractivity contribution in [2.45, 2.75) is 26.9 Å². The summed E-state index contributed by atoms with van der Waals surface area (Å²) in [4.78, 5) is 8.65. The number of anilines is 1. The molecule has 0 aliphatic rings. The standard InChI is InChI=1S/C15H19N3O/c1-4-16-15-17-11(2)10-14(18-15)19-12(3)13-8-6-5-7-9-13/h5-10,12H,4H2,1-3H3,(H,16,17,18). The van der Waals surface area contributed by atoms with Gasteiger partial charge in [-0.3, -0.25) is 0 Å². The largest absolute Gasteiger partial charge is 0.470 e. The number of benzene rings is 1. The Hall–Kier alpha value is -2.10. The Morgan fingerprint density at radius 1 is 1.21 bits per heavy atom. The van der Waals surface area contributed by atoms with Gasteiger partial charge in [0.15, 0.2) is 0 Å². The Balaban J connectivity index is 2.14. The lowest BCUT2D eigenvalue weighted by atomic mass is 10.1. The highest BCUT2D eigenvalue weighted by Gasteiger charge is 2.09. The third-order valence-electron chi connectivity index (χ3n) is 2.73. The second-order valence-corrected chi connectivity index (χ2v) is 4.37. The molecular formula is C15H19N3O. The van der Waals surface area contributed by atoms with E-state index in [1.54, 1.807) is 0 Å². The summed E-state index contributed by atoms with van der Waals surface area (Å²) in [6.45, 7) is 6.75.